The molecule has 2 aliphatic carbocycles. The van der Waals surface area contributed by atoms with Crippen molar-refractivity contribution in [1.82, 2.24) is 10.9 Å². The van der Waals surface area contributed by atoms with Crippen molar-refractivity contribution < 1.29 is 23.9 Å². The molecule has 2 aliphatic rings. The number of hydrogen-bond acceptors (Lipinski definition) is 4. The monoisotopic (exact) mass is 370 g/mol. The normalized spacial score (nSPS) is 29.3. The highest BCUT2D eigenvalue weighted by Crippen LogP contribution is 2.52. The molecule has 2 bridgehead atoms. The van der Waals surface area contributed by atoms with Crippen LogP contribution in [0.25, 0.3) is 0 Å². The maximum atomic E-state index is 12.3. The third kappa shape index (κ3) is 2.63. The van der Waals surface area contributed by atoms with Crippen LogP contribution in [0.3, 0.4) is 0 Å². The molecular formula is C14H15BrN2O5. The molecule has 2 fully saturated rings. The van der Waals surface area contributed by atoms with Gasteiger partial charge >= 0.3 is 11.9 Å². The fraction of sp³-hybridized carbons (Fsp3) is 0.500. The van der Waals surface area contributed by atoms with Crippen molar-refractivity contribution in [3.8, 4) is 0 Å². The SMILES string of the molecule is O=C(NNC(=O)[C@H]1[C@@H]2CC[C@@H](C2)[C@@H]1C(=O)O)c1ccc(Br)o1. The lowest BCUT2D eigenvalue weighted by atomic mass is 9.79. The number of carbonyl (C=O) groups is 3. The van der Waals surface area contributed by atoms with Crippen molar-refractivity contribution in [3.05, 3.63) is 22.6 Å². The van der Waals surface area contributed by atoms with Crippen molar-refractivity contribution in [2.24, 2.45) is 23.7 Å². The van der Waals surface area contributed by atoms with Gasteiger partial charge in [-0.05, 0) is 59.2 Å². The highest BCUT2D eigenvalue weighted by molar-refractivity contribution is 9.10. The lowest BCUT2D eigenvalue weighted by Crippen LogP contribution is -2.48. The van der Waals surface area contributed by atoms with E-state index in [2.05, 4.69) is 26.8 Å². The number of hydrogen-bond donors (Lipinski definition) is 3. The lowest BCUT2D eigenvalue weighted by Gasteiger charge is -2.26. The van der Waals surface area contributed by atoms with E-state index in [1.807, 2.05) is 0 Å². The lowest BCUT2D eigenvalue weighted by molar-refractivity contribution is -0.149. The second-order valence-corrected chi connectivity index (χ2v) is 6.55. The Labute approximate surface area is 134 Å². The maximum absolute atomic E-state index is 12.3. The molecule has 1 aromatic rings. The summed E-state index contributed by atoms with van der Waals surface area (Å²) in [5.41, 5.74) is 4.59. The zero-order chi connectivity index (χ0) is 15.9. The van der Waals surface area contributed by atoms with Gasteiger partial charge in [-0.1, -0.05) is 0 Å². The molecule has 0 saturated heterocycles. The molecule has 1 aromatic heterocycles. The van der Waals surface area contributed by atoms with Crippen LogP contribution >= 0.6 is 15.9 Å². The quantitative estimate of drug-likeness (QED) is 0.699. The number of amides is 2. The first-order valence-electron chi connectivity index (χ1n) is 7.05. The van der Waals surface area contributed by atoms with Crippen molar-refractivity contribution in [3.63, 3.8) is 0 Å². The summed E-state index contributed by atoms with van der Waals surface area (Å²) in [6.07, 6.45) is 2.50. The number of furan rings is 1. The van der Waals surface area contributed by atoms with Crippen molar-refractivity contribution in [2.45, 2.75) is 19.3 Å². The van der Waals surface area contributed by atoms with Gasteiger partial charge in [0.25, 0.3) is 0 Å². The number of carbonyl (C=O) groups excluding carboxylic acids is 2. The summed E-state index contributed by atoms with van der Waals surface area (Å²) in [5, 5.41) is 9.33. The molecule has 2 saturated carbocycles. The van der Waals surface area contributed by atoms with Gasteiger partial charge in [0, 0.05) is 0 Å². The van der Waals surface area contributed by atoms with Gasteiger partial charge in [-0.25, -0.2) is 0 Å². The van der Waals surface area contributed by atoms with Crippen LogP contribution in [0.4, 0.5) is 0 Å². The summed E-state index contributed by atoms with van der Waals surface area (Å²) in [4.78, 5) is 35.4. The maximum Gasteiger partial charge on any atom is 0.307 e. The molecule has 8 heteroatoms. The number of hydrazine groups is 1. The van der Waals surface area contributed by atoms with Crippen LogP contribution in [0, 0.1) is 23.7 Å². The standard InChI is InChI=1S/C14H15BrN2O5/c15-9-4-3-8(22-9)12(18)16-17-13(19)10-6-1-2-7(5-6)11(10)14(20)21/h3-4,6-7,10-11H,1-2,5H2,(H,16,18)(H,17,19)(H,20,21)/t6-,7+,10+,11+/m1/s1. The van der Waals surface area contributed by atoms with Gasteiger partial charge < -0.3 is 9.52 Å². The van der Waals surface area contributed by atoms with E-state index < -0.39 is 29.6 Å². The second kappa shape index (κ2) is 5.75. The van der Waals surface area contributed by atoms with E-state index in [9.17, 15) is 19.5 Å². The van der Waals surface area contributed by atoms with Gasteiger partial charge in [0.2, 0.25) is 5.91 Å². The van der Waals surface area contributed by atoms with Gasteiger partial charge in [0.1, 0.15) is 0 Å². The van der Waals surface area contributed by atoms with E-state index in [1.165, 1.54) is 6.07 Å². The summed E-state index contributed by atoms with van der Waals surface area (Å²) in [6.45, 7) is 0. The number of halogens is 1. The summed E-state index contributed by atoms with van der Waals surface area (Å²) < 4.78 is 5.48. The summed E-state index contributed by atoms with van der Waals surface area (Å²) in [6, 6.07) is 3.02. The van der Waals surface area contributed by atoms with Crippen molar-refractivity contribution in [1.29, 1.82) is 0 Å². The highest BCUT2D eigenvalue weighted by atomic mass is 79.9. The third-order valence-electron chi connectivity index (χ3n) is 4.60. The van der Waals surface area contributed by atoms with E-state index in [0.717, 1.165) is 19.3 Å². The number of carboxylic acid groups (broad SMARTS) is 1. The summed E-state index contributed by atoms with van der Waals surface area (Å²) in [5.74, 6) is -3.01. The molecule has 7 nitrogen and oxygen atoms in total. The average molecular weight is 371 g/mol. The van der Waals surface area contributed by atoms with Gasteiger partial charge in [-0.15, -0.1) is 0 Å². The fourth-order valence-corrected chi connectivity index (χ4v) is 4.03. The average Bonchev–Trinajstić information content (AvgIpc) is 3.18. The van der Waals surface area contributed by atoms with Gasteiger partial charge in [0.15, 0.2) is 10.4 Å². The molecule has 3 rings (SSSR count). The first-order chi connectivity index (χ1) is 10.5. The number of carboxylic acids is 1. The minimum absolute atomic E-state index is 0.0508. The van der Waals surface area contributed by atoms with Gasteiger partial charge in [0.05, 0.1) is 11.8 Å². The smallest absolute Gasteiger partial charge is 0.307 e. The molecule has 1 heterocycles. The molecule has 22 heavy (non-hydrogen) atoms. The summed E-state index contributed by atoms with van der Waals surface area (Å²) >= 11 is 3.08. The molecule has 0 aromatic carbocycles. The van der Waals surface area contributed by atoms with E-state index >= 15 is 0 Å². The minimum atomic E-state index is -0.936. The van der Waals surface area contributed by atoms with Crippen LogP contribution in [-0.2, 0) is 9.59 Å². The Hall–Kier alpha value is -1.83. The Morgan fingerprint density at radius 1 is 1.14 bits per heavy atom. The predicted octanol–water partition coefficient (Wildman–Crippen LogP) is 1.55. The first-order valence-corrected chi connectivity index (χ1v) is 7.85. The zero-order valence-electron chi connectivity index (χ0n) is 11.5. The van der Waals surface area contributed by atoms with Crippen LogP contribution in [0.2, 0.25) is 0 Å². The predicted molar refractivity (Wildman–Crippen MR) is 77.5 cm³/mol. The Kier molecular flexibility index (Phi) is 3.94. The van der Waals surface area contributed by atoms with Crippen molar-refractivity contribution >= 4 is 33.7 Å². The molecule has 3 N–H and O–H groups in total. The fourth-order valence-electron chi connectivity index (χ4n) is 3.72. The molecule has 0 spiro atoms. The Balaban J connectivity index is 1.62. The molecule has 118 valence electrons. The zero-order valence-corrected chi connectivity index (χ0v) is 13.1. The number of fused-ring (bicyclic) bond motifs is 2. The third-order valence-corrected chi connectivity index (χ3v) is 5.03. The summed E-state index contributed by atoms with van der Waals surface area (Å²) in [7, 11) is 0. The van der Waals surface area contributed by atoms with Crippen LogP contribution in [0.5, 0.6) is 0 Å². The van der Waals surface area contributed by atoms with Crippen molar-refractivity contribution in [2.75, 3.05) is 0 Å². The van der Waals surface area contributed by atoms with E-state index in [1.54, 1.807) is 6.07 Å². The molecule has 4 atom stereocenters. The van der Waals surface area contributed by atoms with Crippen LogP contribution < -0.4 is 10.9 Å². The Morgan fingerprint density at radius 3 is 2.41 bits per heavy atom. The second-order valence-electron chi connectivity index (χ2n) is 5.77. The van der Waals surface area contributed by atoms with E-state index in [4.69, 9.17) is 4.42 Å². The largest absolute Gasteiger partial charge is 0.481 e. The van der Waals surface area contributed by atoms with Crippen LogP contribution in [0.1, 0.15) is 29.8 Å². The molecule has 0 radical (unpaired) electrons. The number of aliphatic carboxylic acids is 1. The van der Waals surface area contributed by atoms with Gasteiger partial charge in [-0.3, -0.25) is 25.2 Å². The van der Waals surface area contributed by atoms with Crippen LogP contribution in [-0.4, -0.2) is 22.9 Å². The topological polar surface area (TPSA) is 109 Å². The van der Waals surface area contributed by atoms with E-state index in [0.29, 0.717) is 4.67 Å². The molecule has 0 unspecified atom stereocenters. The number of rotatable bonds is 3. The minimum Gasteiger partial charge on any atom is -0.481 e. The van der Waals surface area contributed by atoms with E-state index in [-0.39, 0.29) is 17.6 Å². The Morgan fingerprint density at radius 2 is 1.82 bits per heavy atom. The molecular weight excluding hydrogens is 356 g/mol. The molecule has 0 aliphatic heterocycles. The highest BCUT2D eigenvalue weighted by Gasteiger charge is 2.54. The van der Waals surface area contributed by atoms with Gasteiger partial charge in [-0.2, -0.15) is 0 Å². The Bertz CT molecular complexity index is 629. The first kappa shape index (κ1) is 15.1. The number of nitrogens with one attached hydrogen (secondary N) is 2. The molecule has 2 amide bonds. The van der Waals surface area contributed by atoms with Crippen LogP contribution in [0.15, 0.2) is 21.2 Å².